The topological polar surface area (TPSA) is 125 Å². The summed E-state index contributed by atoms with van der Waals surface area (Å²) >= 11 is 0. The van der Waals surface area contributed by atoms with Crippen LogP contribution >= 0.6 is 0 Å². The first-order chi connectivity index (χ1) is 11.9. The van der Waals surface area contributed by atoms with E-state index in [0.29, 0.717) is 36.5 Å². The number of aromatic amines is 1. The zero-order chi connectivity index (χ0) is 18.0. The Morgan fingerprint density at radius 1 is 1.52 bits per heavy atom. The molecule has 1 aromatic heterocycles. The average Bonchev–Trinajstić information content (AvgIpc) is 3.02. The molecule has 2 heterocycles. The predicted molar refractivity (Wildman–Crippen MR) is 90.3 cm³/mol. The summed E-state index contributed by atoms with van der Waals surface area (Å²) in [6.45, 7) is 0.298. The molecule has 9 nitrogen and oxygen atoms in total. The fourth-order valence-corrected chi connectivity index (χ4v) is 4.11. The quantitative estimate of drug-likeness (QED) is 0.689. The van der Waals surface area contributed by atoms with Crippen molar-refractivity contribution in [2.45, 2.75) is 19.4 Å². The summed E-state index contributed by atoms with van der Waals surface area (Å²) in [7, 11) is -2.20. The van der Waals surface area contributed by atoms with Gasteiger partial charge in [-0.2, -0.15) is 17.4 Å². The number of rotatable bonds is 6. The maximum absolute atomic E-state index is 12.4. The molecule has 1 aliphatic heterocycles. The number of aromatic nitrogens is 2. The number of fused-ring (bicyclic) bond motifs is 1. The molecule has 0 aliphatic carbocycles. The summed E-state index contributed by atoms with van der Waals surface area (Å²) in [5, 5.41) is 9.09. The van der Waals surface area contributed by atoms with Gasteiger partial charge < -0.3 is 14.8 Å². The number of H-pyrrole nitrogens is 1. The zero-order valence-electron chi connectivity index (χ0n) is 13.7. The summed E-state index contributed by atoms with van der Waals surface area (Å²) in [4.78, 5) is 18.5. The Kier molecular flexibility index (Phi) is 4.93. The molecule has 1 aromatic carbocycles. The second-order valence-corrected chi connectivity index (χ2v) is 7.68. The highest BCUT2D eigenvalue weighted by Crippen LogP contribution is 2.20. The highest BCUT2D eigenvalue weighted by molar-refractivity contribution is 7.87. The van der Waals surface area contributed by atoms with Crippen LogP contribution in [0, 0.1) is 5.92 Å². The number of piperidine rings is 1. The largest absolute Gasteiger partial charge is 0.497 e. The third-order valence-electron chi connectivity index (χ3n) is 4.23. The lowest BCUT2D eigenvalue weighted by Crippen LogP contribution is -2.47. The van der Waals surface area contributed by atoms with Crippen LogP contribution in [0.3, 0.4) is 0 Å². The van der Waals surface area contributed by atoms with Crippen molar-refractivity contribution < 1.29 is 23.1 Å². The average molecular weight is 368 g/mol. The molecule has 3 rings (SSSR count). The second kappa shape index (κ2) is 6.98. The second-order valence-electron chi connectivity index (χ2n) is 5.93. The number of imidazole rings is 1. The normalized spacial score (nSPS) is 19.2. The lowest BCUT2D eigenvalue weighted by molar-refractivity contribution is -0.142. The van der Waals surface area contributed by atoms with E-state index in [1.165, 1.54) is 4.31 Å². The van der Waals surface area contributed by atoms with E-state index in [4.69, 9.17) is 9.84 Å². The molecule has 136 valence electrons. The number of nitrogens with zero attached hydrogens (tertiary/aromatic N) is 2. The monoisotopic (exact) mass is 368 g/mol. The van der Waals surface area contributed by atoms with E-state index in [-0.39, 0.29) is 13.1 Å². The Labute approximate surface area is 145 Å². The number of methoxy groups -OCH3 is 1. The smallest absolute Gasteiger partial charge is 0.307 e. The van der Waals surface area contributed by atoms with Crippen molar-refractivity contribution in [3.05, 3.63) is 24.0 Å². The van der Waals surface area contributed by atoms with Crippen molar-refractivity contribution in [1.29, 1.82) is 0 Å². The highest BCUT2D eigenvalue weighted by atomic mass is 32.2. The van der Waals surface area contributed by atoms with Crippen LogP contribution in [0.4, 0.5) is 0 Å². The molecular formula is C15H20N4O5S. The molecule has 1 aliphatic rings. The minimum absolute atomic E-state index is 0.00638. The van der Waals surface area contributed by atoms with Gasteiger partial charge in [0.1, 0.15) is 11.6 Å². The number of ether oxygens (including phenoxy) is 1. The number of carboxylic acid groups (broad SMARTS) is 1. The third-order valence-corrected chi connectivity index (χ3v) is 5.75. The van der Waals surface area contributed by atoms with Crippen molar-refractivity contribution in [2.24, 2.45) is 5.92 Å². The summed E-state index contributed by atoms with van der Waals surface area (Å²) in [5.41, 5.74) is 1.45. The standard InChI is InChI=1S/C15H20N4O5S/c1-24-11-4-5-12-13(7-11)18-14(17-12)8-16-25(22,23)19-6-2-3-10(9-19)15(20)21/h4-5,7,10,16H,2-3,6,8-9H2,1H3,(H,17,18)(H,20,21)/t10-/m0/s1. The van der Waals surface area contributed by atoms with Gasteiger partial charge in [-0.25, -0.2) is 4.98 Å². The van der Waals surface area contributed by atoms with E-state index < -0.39 is 22.1 Å². The van der Waals surface area contributed by atoms with E-state index in [1.54, 1.807) is 25.3 Å². The van der Waals surface area contributed by atoms with Gasteiger partial charge in [-0.05, 0) is 25.0 Å². The van der Waals surface area contributed by atoms with E-state index in [1.807, 2.05) is 0 Å². The van der Waals surface area contributed by atoms with E-state index >= 15 is 0 Å². The summed E-state index contributed by atoms with van der Waals surface area (Å²) < 4.78 is 33.6. The first-order valence-corrected chi connectivity index (χ1v) is 9.33. The number of hydrogen-bond acceptors (Lipinski definition) is 5. The van der Waals surface area contributed by atoms with Gasteiger partial charge in [0, 0.05) is 19.2 Å². The number of aliphatic carboxylic acids is 1. The van der Waals surface area contributed by atoms with Gasteiger partial charge in [-0.15, -0.1) is 0 Å². The fraction of sp³-hybridized carbons (Fsp3) is 0.467. The van der Waals surface area contributed by atoms with Gasteiger partial charge in [0.2, 0.25) is 0 Å². The molecule has 3 N–H and O–H groups in total. The number of hydrogen-bond donors (Lipinski definition) is 3. The summed E-state index contributed by atoms with van der Waals surface area (Å²) in [6, 6.07) is 5.34. The Bertz CT molecular complexity index is 879. The van der Waals surface area contributed by atoms with Gasteiger partial charge in [-0.3, -0.25) is 4.79 Å². The van der Waals surface area contributed by atoms with Crippen LogP contribution < -0.4 is 9.46 Å². The molecule has 0 bridgehead atoms. The van der Waals surface area contributed by atoms with Crippen LogP contribution in [0.1, 0.15) is 18.7 Å². The lowest BCUT2D eigenvalue weighted by atomic mass is 10.0. The van der Waals surface area contributed by atoms with Crippen LogP contribution in [-0.2, 0) is 21.5 Å². The Morgan fingerprint density at radius 3 is 3.04 bits per heavy atom. The van der Waals surface area contributed by atoms with E-state index in [0.717, 1.165) is 5.52 Å². The van der Waals surface area contributed by atoms with Crippen LogP contribution in [0.5, 0.6) is 5.75 Å². The summed E-state index contributed by atoms with van der Waals surface area (Å²) in [6.07, 6.45) is 1.02. The molecule has 10 heteroatoms. The van der Waals surface area contributed by atoms with Crippen molar-refractivity contribution in [2.75, 3.05) is 20.2 Å². The Morgan fingerprint density at radius 2 is 2.32 bits per heavy atom. The first-order valence-electron chi connectivity index (χ1n) is 7.89. The molecule has 1 saturated heterocycles. The van der Waals surface area contributed by atoms with Crippen LogP contribution in [0.25, 0.3) is 11.0 Å². The number of carboxylic acids is 1. The highest BCUT2D eigenvalue weighted by Gasteiger charge is 2.32. The van der Waals surface area contributed by atoms with Gasteiger partial charge in [0.25, 0.3) is 10.2 Å². The molecule has 0 radical (unpaired) electrons. The Hall–Kier alpha value is -2.17. The van der Waals surface area contributed by atoms with Gasteiger partial charge in [-0.1, -0.05) is 0 Å². The minimum atomic E-state index is -3.76. The molecule has 0 saturated carbocycles. The van der Waals surface area contributed by atoms with Gasteiger partial charge >= 0.3 is 5.97 Å². The maximum atomic E-state index is 12.4. The van der Waals surface area contributed by atoms with Gasteiger partial charge in [0.15, 0.2) is 0 Å². The number of nitrogens with one attached hydrogen (secondary N) is 2. The first kappa shape index (κ1) is 17.6. The molecule has 0 amide bonds. The predicted octanol–water partition coefficient (Wildman–Crippen LogP) is 0.702. The van der Waals surface area contributed by atoms with Crippen LogP contribution in [0.2, 0.25) is 0 Å². The SMILES string of the molecule is COc1ccc2nc(CNS(=O)(=O)N3CCC[C@H](C(=O)O)C3)[nH]c2c1. The van der Waals surface area contributed by atoms with Crippen molar-refractivity contribution in [1.82, 2.24) is 19.0 Å². The molecule has 1 fully saturated rings. The van der Waals surface area contributed by atoms with Gasteiger partial charge in [0.05, 0.1) is 30.6 Å². The van der Waals surface area contributed by atoms with Crippen LogP contribution in [-0.4, -0.2) is 54.0 Å². The zero-order valence-corrected chi connectivity index (χ0v) is 14.5. The van der Waals surface area contributed by atoms with Crippen molar-refractivity contribution in [3.8, 4) is 5.75 Å². The number of benzene rings is 1. The maximum Gasteiger partial charge on any atom is 0.307 e. The molecule has 2 aromatic rings. The molecular weight excluding hydrogens is 348 g/mol. The number of carbonyl (C=O) groups is 1. The van der Waals surface area contributed by atoms with Crippen LogP contribution in [0.15, 0.2) is 18.2 Å². The molecule has 0 spiro atoms. The lowest BCUT2D eigenvalue weighted by Gasteiger charge is -2.29. The summed E-state index contributed by atoms with van der Waals surface area (Å²) in [5.74, 6) is -0.481. The molecule has 0 unspecified atom stereocenters. The molecule has 1 atom stereocenters. The molecule has 25 heavy (non-hydrogen) atoms. The van der Waals surface area contributed by atoms with E-state index in [2.05, 4.69) is 14.7 Å². The fourth-order valence-electron chi connectivity index (χ4n) is 2.87. The minimum Gasteiger partial charge on any atom is -0.497 e. The van der Waals surface area contributed by atoms with Crippen molar-refractivity contribution >= 4 is 27.2 Å². The third kappa shape index (κ3) is 3.91. The van der Waals surface area contributed by atoms with E-state index in [9.17, 15) is 13.2 Å². The van der Waals surface area contributed by atoms with Crippen molar-refractivity contribution in [3.63, 3.8) is 0 Å². The Balaban J connectivity index is 1.68.